The van der Waals surface area contributed by atoms with Crippen LogP contribution in [0.3, 0.4) is 0 Å². The Morgan fingerprint density at radius 1 is 1.22 bits per heavy atom. The molecule has 0 spiro atoms. The van der Waals surface area contributed by atoms with E-state index < -0.39 is 23.8 Å². The lowest BCUT2D eigenvalue weighted by atomic mass is 10.1. The Bertz CT molecular complexity index is 662. The van der Waals surface area contributed by atoms with Gasteiger partial charge in [0, 0.05) is 12.0 Å². The molecule has 7 heteroatoms. The largest absolute Gasteiger partial charge is 0.465 e. The van der Waals surface area contributed by atoms with Crippen molar-refractivity contribution in [3.05, 3.63) is 47.7 Å². The summed E-state index contributed by atoms with van der Waals surface area (Å²) in [5.41, 5.74) is 5.48. The highest BCUT2D eigenvalue weighted by Gasteiger charge is 2.30. The molecule has 0 saturated heterocycles. The zero-order valence-corrected chi connectivity index (χ0v) is 12.4. The maximum Gasteiger partial charge on any atom is 0.416 e. The third-order valence-corrected chi connectivity index (χ3v) is 3.17. The molecule has 1 unspecified atom stereocenters. The van der Waals surface area contributed by atoms with Crippen LogP contribution in [-0.4, -0.2) is 18.6 Å². The molecule has 1 atom stereocenters. The highest BCUT2D eigenvalue weighted by Crippen LogP contribution is 2.31. The number of carbonyl (C=O) groups excluding carboxylic acids is 1. The van der Waals surface area contributed by atoms with Gasteiger partial charge in [0.15, 0.2) is 0 Å². The summed E-state index contributed by atoms with van der Waals surface area (Å²) in [5, 5.41) is 0. The van der Waals surface area contributed by atoms with Gasteiger partial charge in [-0.2, -0.15) is 13.2 Å². The van der Waals surface area contributed by atoms with Crippen LogP contribution in [0.4, 0.5) is 13.2 Å². The third-order valence-electron chi connectivity index (χ3n) is 3.17. The van der Waals surface area contributed by atoms with Crippen LogP contribution < -0.4 is 5.73 Å². The van der Waals surface area contributed by atoms with E-state index in [9.17, 15) is 18.0 Å². The van der Waals surface area contributed by atoms with E-state index in [0.717, 1.165) is 12.1 Å². The van der Waals surface area contributed by atoms with E-state index in [2.05, 4.69) is 0 Å². The van der Waals surface area contributed by atoms with Crippen molar-refractivity contribution >= 4 is 5.97 Å². The van der Waals surface area contributed by atoms with Gasteiger partial charge >= 0.3 is 12.1 Å². The maximum absolute atomic E-state index is 12.5. The topological polar surface area (TPSA) is 65.5 Å². The summed E-state index contributed by atoms with van der Waals surface area (Å²) in [6.45, 7) is 1.92. The van der Waals surface area contributed by atoms with Crippen molar-refractivity contribution in [2.45, 2.75) is 25.6 Å². The fourth-order valence-corrected chi connectivity index (χ4v) is 2.02. The molecule has 0 aliphatic carbocycles. The molecule has 2 N–H and O–H groups in total. The molecule has 0 bridgehead atoms. The normalized spacial score (nSPS) is 12.9. The Hall–Kier alpha value is -2.28. The van der Waals surface area contributed by atoms with Gasteiger partial charge in [-0.25, -0.2) is 0 Å². The molecule has 2 rings (SSSR count). The average Bonchev–Trinajstić information content (AvgIpc) is 2.95. The lowest BCUT2D eigenvalue weighted by Gasteiger charge is -2.08. The summed E-state index contributed by atoms with van der Waals surface area (Å²) in [4.78, 5) is 11.5. The second-order valence-corrected chi connectivity index (χ2v) is 4.90. The van der Waals surface area contributed by atoms with Gasteiger partial charge < -0.3 is 14.9 Å². The van der Waals surface area contributed by atoms with Crippen LogP contribution in [0.25, 0.3) is 11.3 Å². The van der Waals surface area contributed by atoms with Crippen LogP contribution in [-0.2, 0) is 22.1 Å². The van der Waals surface area contributed by atoms with E-state index in [1.807, 2.05) is 0 Å². The lowest BCUT2D eigenvalue weighted by molar-refractivity contribution is -0.144. The first-order chi connectivity index (χ1) is 10.8. The van der Waals surface area contributed by atoms with Crippen LogP contribution in [0, 0.1) is 0 Å². The van der Waals surface area contributed by atoms with Gasteiger partial charge in [-0.05, 0) is 31.2 Å². The van der Waals surface area contributed by atoms with Crippen LogP contribution >= 0.6 is 0 Å². The predicted molar refractivity (Wildman–Crippen MR) is 77.5 cm³/mol. The number of hydrogen-bond donors (Lipinski definition) is 1. The second kappa shape index (κ2) is 6.87. The van der Waals surface area contributed by atoms with Crippen molar-refractivity contribution in [2.75, 3.05) is 6.61 Å². The van der Waals surface area contributed by atoms with Crippen LogP contribution in [0.5, 0.6) is 0 Å². The Balaban J connectivity index is 2.08. The number of rotatable bonds is 5. The Kier molecular flexibility index (Phi) is 5.10. The van der Waals surface area contributed by atoms with Gasteiger partial charge in [0.25, 0.3) is 0 Å². The van der Waals surface area contributed by atoms with Crippen LogP contribution in [0.15, 0.2) is 40.8 Å². The number of nitrogens with two attached hydrogens (primary N) is 1. The summed E-state index contributed by atoms with van der Waals surface area (Å²) < 4.78 is 47.9. The van der Waals surface area contributed by atoms with Crippen molar-refractivity contribution in [1.82, 2.24) is 0 Å². The molecule has 0 radical (unpaired) electrons. The van der Waals surface area contributed by atoms with Crippen LogP contribution in [0.1, 0.15) is 18.2 Å². The summed E-state index contributed by atoms with van der Waals surface area (Å²) >= 11 is 0. The summed E-state index contributed by atoms with van der Waals surface area (Å²) in [6.07, 6.45) is -4.22. The number of ether oxygens (including phenoxy) is 1. The zero-order valence-electron chi connectivity index (χ0n) is 12.4. The van der Waals surface area contributed by atoms with Gasteiger partial charge in [-0.15, -0.1) is 0 Å². The minimum absolute atomic E-state index is 0.152. The molecule has 1 aromatic carbocycles. The van der Waals surface area contributed by atoms with E-state index in [0.29, 0.717) is 17.1 Å². The molecule has 0 aliphatic heterocycles. The molecule has 0 aliphatic rings. The number of halogens is 3. The Labute approximate surface area is 131 Å². The summed E-state index contributed by atoms with van der Waals surface area (Å²) in [6, 6.07) is 7.04. The average molecular weight is 327 g/mol. The zero-order chi connectivity index (χ0) is 17.0. The molecule has 4 nitrogen and oxygen atoms in total. The fraction of sp³-hybridized carbons (Fsp3) is 0.312. The molecule has 2 aromatic rings. The summed E-state index contributed by atoms with van der Waals surface area (Å²) in [7, 11) is 0. The highest BCUT2D eigenvalue weighted by atomic mass is 19.4. The number of carbonyl (C=O) groups is 1. The SMILES string of the molecule is CCOC(=O)C(N)Cc1ccc(-c2ccc(C(F)(F)F)cc2)o1. The van der Waals surface area contributed by atoms with E-state index in [-0.39, 0.29) is 13.0 Å². The van der Waals surface area contributed by atoms with Crippen molar-refractivity contribution in [2.24, 2.45) is 5.73 Å². The smallest absolute Gasteiger partial charge is 0.416 e. The van der Waals surface area contributed by atoms with E-state index in [4.69, 9.17) is 14.9 Å². The maximum atomic E-state index is 12.5. The van der Waals surface area contributed by atoms with E-state index >= 15 is 0 Å². The minimum Gasteiger partial charge on any atom is -0.465 e. The molecule has 1 aromatic heterocycles. The molecular formula is C16H16F3NO3. The second-order valence-electron chi connectivity index (χ2n) is 4.90. The van der Waals surface area contributed by atoms with Crippen molar-refractivity contribution in [1.29, 1.82) is 0 Å². The van der Waals surface area contributed by atoms with Gasteiger partial charge in [0.2, 0.25) is 0 Å². The Morgan fingerprint density at radius 3 is 2.43 bits per heavy atom. The van der Waals surface area contributed by atoms with Crippen molar-refractivity contribution in [3.63, 3.8) is 0 Å². The molecule has 0 fully saturated rings. The monoisotopic (exact) mass is 327 g/mol. The first-order valence-electron chi connectivity index (χ1n) is 7.00. The first kappa shape index (κ1) is 17.1. The molecule has 0 saturated carbocycles. The van der Waals surface area contributed by atoms with E-state index in [1.54, 1.807) is 19.1 Å². The molecule has 124 valence electrons. The standard InChI is InChI=1S/C16H16F3NO3/c1-2-22-15(21)13(20)9-12-7-8-14(23-12)10-3-5-11(6-4-10)16(17,18)19/h3-8,13H,2,9,20H2,1H3. The fourth-order valence-electron chi connectivity index (χ4n) is 2.02. The molecule has 1 heterocycles. The van der Waals surface area contributed by atoms with Crippen LogP contribution in [0.2, 0.25) is 0 Å². The molecular weight excluding hydrogens is 311 g/mol. The molecule has 23 heavy (non-hydrogen) atoms. The quantitative estimate of drug-likeness (QED) is 0.855. The summed E-state index contributed by atoms with van der Waals surface area (Å²) in [5.74, 6) is 0.338. The number of esters is 1. The number of alkyl halides is 3. The van der Waals surface area contributed by atoms with Crippen molar-refractivity contribution < 1.29 is 27.1 Å². The number of benzene rings is 1. The number of hydrogen-bond acceptors (Lipinski definition) is 4. The van der Waals surface area contributed by atoms with E-state index in [1.165, 1.54) is 12.1 Å². The van der Waals surface area contributed by atoms with Gasteiger partial charge in [-0.1, -0.05) is 12.1 Å². The Morgan fingerprint density at radius 2 is 1.87 bits per heavy atom. The first-order valence-corrected chi connectivity index (χ1v) is 7.00. The van der Waals surface area contributed by atoms with Crippen molar-refractivity contribution in [3.8, 4) is 11.3 Å². The minimum atomic E-state index is -4.38. The van der Waals surface area contributed by atoms with Gasteiger partial charge in [0.05, 0.1) is 12.2 Å². The number of furan rings is 1. The highest BCUT2D eigenvalue weighted by molar-refractivity contribution is 5.75. The third kappa shape index (κ3) is 4.35. The van der Waals surface area contributed by atoms with Gasteiger partial charge in [0.1, 0.15) is 17.6 Å². The van der Waals surface area contributed by atoms with Gasteiger partial charge in [-0.3, -0.25) is 4.79 Å². The lowest BCUT2D eigenvalue weighted by Crippen LogP contribution is -2.34. The predicted octanol–water partition coefficient (Wildman–Crippen LogP) is 3.40. The molecule has 0 amide bonds.